The fraction of sp³-hybridized carbons (Fsp3) is 0.333. The van der Waals surface area contributed by atoms with E-state index < -0.39 is 17.9 Å². The molecular weight excluding hydrogens is 293 g/mol. The molecule has 0 saturated carbocycles. The zero-order valence-electron chi connectivity index (χ0n) is 11.8. The van der Waals surface area contributed by atoms with Gasteiger partial charge in [0.1, 0.15) is 11.9 Å². The zero-order chi connectivity index (χ0) is 15.6. The van der Waals surface area contributed by atoms with E-state index in [1.807, 2.05) is 6.92 Å². The molecule has 2 N–H and O–H groups in total. The second-order valence-electron chi connectivity index (χ2n) is 4.82. The molecule has 2 rings (SSSR count). The predicted molar refractivity (Wildman–Crippen MR) is 80.3 cm³/mol. The van der Waals surface area contributed by atoms with Crippen LogP contribution in [0.4, 0.5) is 4.39 Å². The number of halogens is 1. The third-order valence-electron chi connectivity index (χ3n) is 3.29. The quantitative estimate of drug-likeness (QED) is 0.890. The summed E-state index contributed by atoms with van der Waals surface area (Å²) in [4.78, 5) is 23.7. The number of amides is 1. The largest absolute Gasteiger partial charge is 0.480 e. The van der Waals surface area contributed by atoms with Crippen molar-refractivity contribution in [3.05, 3.63) is 34.5 Å². The van der Waals surface area contributed by atoms with Crippen LogP contribution in [0.3, 0.4) is 0 Å². The molecule has 0 bridgehead atoms. The van der Waals surface area contributed by atoms with Crippen molar-refractivity contribution in [2.75, 3.05) is 0 Å². The maximum atomic E-state index is 13.8. The van der Waals surface area contributed by atoms with Gasteiger partial charge in [0.05, 0.1) is 4.88 Å². The van der Waals surface area contributed by atoms with Gasteiger partial charge in [0.15, 0.2) is 0 Å². The maximum absolute atomic E-state index is 13.8. The fourth-order valence-electron chi connectivity index (χ4n) is 2.24. The van der Waals surface area contributed by atoms with Crippen molar-refractivity contribution in [2.24, 2.45) is 0 Å². The lowest BCUT2D eigenvalue weighted by atomic mass is 10.1. The van der Waals surface area contributed by atoms with E-state index in [1.54, 1.807) is 19.1 Å². The van der Waals surface area contributed by atoms with Gasteiger partial charge in [-0.05, 0) is 31.0 Å². The van der Waals surface area contributed by atoms with Crippen LogP contribution in [0.15, 0.2) is 18.2 Å². The van der Waals surface area contributed by atoms with Crippen LogP contribution in [-0.2, 0) is 4.79 Å². The smallest absolute Gasteiger partial charge is 0.326 e. The molecule has 1 amide bonds. The van der Waals surface area contributed by atoms with Gasteiger partial charge in [-0.3, -0.25) is 4.79 Å². The van der Waals surface area contributed by atoms with Crippen LogP contribution in [0.2, 0.25) is 0 Å². The van der Waals surface area contributed by atoms with E-state index >= 15 is 0 Å². The normalized spacial score (nSPS) is 12.3. The van der Waals surface area contributed by atoms with Gasteiger partial charge in [0, 0.05) is 10.1 Å². The highest BCUT2D eigenvalue weighted by Gasteiger charge is 2.23. The molecule has 0 saturated heterocycles. The van der Waals surface area contributed by atoms with Gasteiger partial charge in [-0.25, -0.2) is 9.18 Å². The molecule has 0 spiro atoms. The Morgan fingerprint density at radius 2 is 2.14 bits per heavy atom. The number of aryl methyl sites for hydroxylation is 1. The van der Waals surface area contributed by atoms with Crippen molar-refractivity contribution in [1.29, 1.82) is 0 Å². The third kappa shape index (κ3) is 3.05. The number of nitrogens with one attached hydrogen (secondary N) is 1. The summed E-state index contributed by atoms with van der Waals surface area (Å²) in [6.45, 7) is 3.52. The molecular formula is C15H16FNO3S. The monoisotopic (exact) mass is 309 g/mol. The lowest BCUT2D eigenvalue weighted by Crippen LogP contribution is -2.40. The average Bonchev–Trinajstić information content (AvgIpc) is 2.77. The van der Waals surface area contributed by atoms with Gasteiger partial charge in [0.25, 0.3) is 5.91 Å². The standard InChI is InChI=1S/C15H16FNO3S/c1-3-5-10(15(19)20)17-14(18)13-8(2)12-9(16)6-4-7-11(12)21-13/h4,6-7,10H,3,5H2,1-2H3,(H,17,18)(H,19,20). The first-order chi connectivity index (χ1) is 9.95. The number of aliphatic carboxylic acids is 1. The number of hydrogen-bond acceptors (Lipinski definition) is 3. The fourth-order valence-corrected chi connectivity index (χ4v) is 3.37. The predicted octanol–water partition coefficient (Wildman–Crippen LogP) is 3.33. The molecule has 0 aliphatic rings. The lowest BCUT2D eigenvalue weighted by Gasteiger charge is -2.13. The molecule has 4 nitrogen and oxygen atoms in total. The number of carbonyl (C=O) groups is 2. The van der Waals surface area contributed by atoms with Crippen LogP contribution >= 0.6 is 11.3 Å². The zero-order valence-corrected chi connectivity index (χ0v) is 12.6. The van der Waals surface area contributed by atoms with E-state index in [-0.39, 0.29) is 5.82 Å². The summed E-state index contributed by atoms with van der Waals surface area (Å²) in [5.74, 6) is -1.90. The van der Waals surface area contributed by atoms with Crippen molar-refractivity contribution in [3.63, 3.8) is 0 Å². The number of benzene rings is 1. The highest BCUT2D eigenvalue weighted by atomic mass is 32.1. The van der Waals surface area contributed by atoms with Crippen molar-refractivity contribution >= 4 is 33.3 Å². The Labute approximate surface area is 125 Å². The summed E-state index contributed by atoms with van der Waals surface area (Å²) in [5, 5.41) is 12.0. The molecule has 112 valence electrons. The molecule has 21 heavy (non-hydrogen) atoms. The number of fused-ring (bicyclic) bond motifs is 1. The summed E-state index contributed by atoms with van der Waals surface area (Å²) in [5.41, 5.74) is 0.547. The number of rotatable bonds is 5. The lowest BCUT2D eigenvalue weighted by molar-refractivity contribution is -0.139. The topological polar surface area (TPSA) is 66.4 Å². The van der Waals surface area contributed by atoms with Gasteiger partial charge in [-0.15, -0.1) is 11.3 Å². The van der Waals surface area contributed by atoms with E-state index in [0.717, 1.165) is 0 Å². The van der Waals surface area contributed by atoms with E-state index in [0.29, 0.717) is 33.4 Å². The van der Waals surface area contributed by atoms with Crippen LogP contribution in [0.1, 0.15) is 35.0 Å². The Morgan fingerprint density at radius 3 is 2.71 bits per heavy atom. The number of thiophene rings is 1. The minimum Gasteiger partial charge on any atom is -0.480 e. The molecule has 1 unspecified atom stereocenters. The highest BCUT2D eigenvalue weighted by molar-refractivity contribution is 7.21. The molecule has 1 aromatic heterocycles. The summed E-state index contributed by atoms with van der Waals surface area (Å²) < 4.78 is 14.5. The van der Waals surface area contributed by atoms with Gasteiger partial charge >= 0.3 is 5.97 Å². The molecule has 0 aliphatic carbocycles. The summed E-state index contributed by atoms with van der Waals surface area (Å²) in [7, 11) is 0. The minimum atomic E-state index is -1.06. The van der Waals surface area contributed by atoms with Crippen LogP contribution in [0.25, 0.3) is 10.1 Å². The van der Waals surface area contributed by atoms with Crippen LogP contribution < -0.4 is 5.32 Å². The first kappa shape index (κ1) is 15.4. The molecule has 1 heterocycles. The molecule has 0 fully saturated rings. The Kier molecular flexibility index (Phi) is 4.57. The Balaban J connectivity index is 2.33. The van der Waals surface area contributed by atoms with E-state index in [9.17, 15) is 14.0 Å². The molecule has 1 aromatic carbocycles. The summed E-state index contributed by atoms with van der Waals surface area (Å²) >= 11 is 1.17. The Hall–Kier alpha value is -1.95. The second kappa shape index (κ2) is 6.22. The van der Waals surface area contributed by atoms with Crippen LogP contribution in [-0.4, -0.2) is 23.0 Å². The van der Waals surface area contributed by atoms with Crippen molar-refractivity contribution in [3.8, 4) is 0 Å². The molecule has 6 heteroatoms. The van der Waals surface area contributed by atoms with E-state index in [2.05, 4.69) is 5.32 Å². The Bertz CT molecular complexity index is 696. The molecule has 2 aromatic rings. The SMILES string of the molecule is CCCC(NC(=O)c1sc2cccc(F)c2c1C)C(=O)O. The molecule has 1 atom stereocenters. The number of carboxylic acids is 1. The number of carbonyl (C=O) groups excluding carboxylic acids is 1. The number of carboxylic acid groups (broad SMARTS) is 1. The highest BCUT2D eigenvalue weighted by Crippen LogP contribution is 2.32. The average molecular weight is 309 g/mol. The molecule has 0 radical (unpaired) electrons. The maximum Gasteiger partial charge on any atom is 0.326 e. The van der Waals surface area contributed by atoms with Crippen molar-refractivity contribution in [1.82, 2.24) is 5.32 Å². The summed E-state index contributed by atoms with van der Waals surface area (Å²) in [6, 6.07) is 3.76. The first-order valence-corrected chi connectivity index (χ1v) is 7.48. The van der Waals surface area contributed by atoms with Crippen molar-refractivity contribution < 1.29 is 19.1 Å². The minimum absolute atomic E-state index is 0.359. The first-order valence-electron chi connectivity index (χ1n) is 6.67. The van der Waals surface area contributed by atoms with Crippen molar-refractivity contribution in [2.45, 2.75) is 32.7 Å². The van der Waals surface area contributed by atoms with Gasteiger partial charge < -0.3 is 10.4 Å². The van der Waals surface area contributed by atoms with Gasteiger partial charge in [-0.1, -0.05) is 19.4 Å². The molecule has 0 aliphatic heterocycles. The Morgan fingerprint density at radius 1 is 1.43 bits per heavy atom. The van der Waals surface area contributed by atoms with Crippen LogP contribution in [0.5, 0.6) is 0 Å². The van der Waals surface area contributed by atoms with E-state index in [4.69, 9.17) is 5.11 Å². The van der Waals surface area contributed by atoms with Gasteiger partial charge in [-0.2, -0.15) is 0 Å². The van der Waals surface area contributed by atoms with Gasteiger partial charge in [0.2, 0.25) is 0 Å². The summed E-state index contributed by atoms with van der Waals surface area (Å²) in [6.07, 6.45) is 1.01. The van der Waals surface area contributed by atoms with E-state index in [1.165, 1.54) is 17.4 Å². The van der Waals surface area contributed by atoms with Crippen LogP contribution in [0, 0.1) is 12.7 Å². The number of hydrogen-bond donors (Lipinski definition) is 2. The third-order valence-corrected chi connectivity index (χ3v) is 4.55. The second-order valence-corrected chi connectivity index (χ2v) is 5.87.